The van der Waals surface area contributed by atoms with Gasteiger partial charge < -0.3 is 4.74 Å². The van der Waals surface area contributed by atoms with Crippen LogP contribution in [0.2, 0.25) is 0 Å². The molecule has 0 aromatic heterocycles. The normalized spacial score (nSPS) is 25.7. The van der Waals surface area contributed by atoms with Gasteiger partial charge in [0.2, 0.25) is 0 Å². The first kappa shape index (κ1) is 13.2. The fourth-order valence-corrected chi connectivity index (χ4v) is 3.16. The summed E-state index contributed by atoms with van der Waals surface area (Å²) in [6.07, 6.45) is 9.07. The Morgan fingerprint density at radius 1 is 1.15 bits per heavy atom. The number of hydrogen-bond acceptors (Lipinski definition) is 2. The van der Waals surface area contributed by atoms with Gasteiger partial charge in [-0.2, -0.15) is 0 Å². The lowest BCUT2D eigenvalue weighted by atomic mass is 9.81. The largest absolute Gasteiger partial charge is 0.445 e. The molecule has 3 heteroatoms. The molecule has 20 heavy (non-hydrogen) atoms. The van der Waals surface area contributed by atoms with Crippen LogP contribution in [-0.2, 0) is 4.74 Å². The minimum atomic E-state index is -0.188. The SMILES string of the molecule is O=C(O[C@H]1CCCC[C@@H]1c1ccccc1)N1C=CCC1. The highest BCUT2D eigenvalue weighted by Crippen LogP contribution is 2.35. The second-order valence-corrected chi connectivity index (χ2v) is 5.59. The van der Waals surface area contributed by atoms with E-state index in [0.717, 1.165) is 32.2 Å². The number of ether oxygens (including phenoxy) is 1. The van der Waals surface area contributed by atoms with Gasteiger partial charge in [-0.3, -0.25) is 4.90 Å². The van der Waals surface area contributed by atoms with Crippen LogP contribution < -0.4 is 0 Å². The molecule has 3 nitrogen and oxygen atoms in total. The molecule has 0 bridgehead atoms. The van der Waals surface area contributed by atoms with Crippen molar-refractivity contribution in [3.63, 3.8) is 0 Å². The van der Waals surface area contributed by atoms with E-state index >= 15 is 0 Å². The minimum absolute atomic E-state index is 0.0210. The van der Waals surface area contributed by atoms with E-state index in [1.54, 1.807) is 4.90 Å². The fraction of sp³-hybridized carbons (Fsp3) is 0.471. The summed E-state index contributed by atoms with van der Waals surface area (Å²) < 4.78 is 5.78. The number of benzene rings is 1. The van der Waals surface area contributed by atoms with E-state index in [1.807, 2.05) is 18.3 Å². The molecular formula is C17H21NO2. The molecule has 0 unspecified atom stereocenters. The van der Waals surface area contributed by atoms with E-state index < -0.39 is 0 Å². The minimum Gasteiger partial charge on any atom is -0.445 e. The molecule has 1 fully saturated rings. The van der Waals surface area contributed by atoms with Crippen LogP contribution in [0.3, 0.4) is 0 Å². The average molecular weight is 271 g/mol. The van der Waals surface area contributed by atoms with Crippen LogP contribution in [0.1, 0.15) is 43.6 Å². The van der Waals surface area contributed by atoms with Crippen molar-refractivity contribution in [3.05, 3.63) is 48.2 Å². The number of nitrogens with zero attached hydrogens (tertiary/aromatic N) is 1. The first-order chi connectivity index (χ1) is 9.84. The first-order valence-electron chi connectivity index (χ1n) is 7.53. The van der Waals surface area contributed by atoms with Crippen LogP contribution in [0.25, 0.3) is 0 Å². The molecule has 106 valence electrons. The van der Waals surface area contributed by atoms with Crippen molar-refractivity contribution in [1.29, 1.82) is 0 Å². The van der Waals surface area contributed by atoms with Crippen LogP contribution in [0, 0.1) is 0 Å². The van der Waals surface area contributed by atoms with Crippen LogP contribution in [0.4, 0.5) is 4.79 Å². The topological polar surface area (TPSA) is 29.5 Å². The lowest BCUT2D eigenvalue weighted by Gasteiger charge is -2.32. The van der Waals surface area contributed by atoms with Gasteiger partial charge >= 0.3 is 6.09 Å². The summed E-state index contributed by atoms with van der Waals surface area (Å²) in [5, 5.41) is 0. The lowest BCUT2D eigenvalue weighted by Crippen LogP contribution is -2.34. The first-order valence-corrected chi connectivity index (χ1v) is 7.53. The zero-order valence-corrected chi connectivity index (χ0v) is 11.7. The Labute approximate surface area is 120 Å². The van der Waals surface area contributed by atoms with Gasteiger partial charge in [0, 0.05) is 18.7 Å². The molecule has 1 heterocycles. The van der Waals surface area contributed by atoms with Crippen molar-refractivity contribution in [2.75, 3.05) is 6.54 Å². The third-order valence-electron chi connectivity index (χ3n) is 4.24. The van der Waals surface area contributed by atoms with Crippen molar-refractivity contribution in [2.45, 2.75) is 44.1 Å². The van der Waals surface area contributed by atoms with E-state index in [-0.39, 0.29) is 12.2 Å². The molecule has 0 saturated heterocycles. The molecule has 2 aliphatic rings. The molecule has 1 amide bonds. The van der Waals surface area contributed by atoms with Crippen molar-refractivity contribution >= 4 is 6.09 Å². The van der Waals surface area contributed by atoms with Gasteiger partial charge in [-0.25, -0.2) is 4.79 Å². The summed E-state index contributed by atoms with van der Waals surface area (Å²) in [5.74, 6) is 0.348. The molecule has 0 spiro atoms. The number of carbonyl (C=O) groups excluding carboxylic acids is 1. The smallest absolute Gasteiger partial charge is 0.414 e. The summed E-state index contributed by atoms with van der Waals surface area (Å²) in [6.45, 7) is 0.752. The van der Waals surface area contributed by atoms with Crippen LogP contribution in [-0.4, -0.2) is 23.6 Å². The number of rotatable bonds is 2. The number of hydrogen-bond donors (Lipinski definition) is 0. The molecule has 2 atom stereocenters. The molecule has 0 radical (unpaired) electrons. The molecule has 1 aromatic rings. The monoisotopic (exact) mass is 271 g/mol. The van der Waals surface area contributed by atoms with Gasteiger partial charge in [0.15, 0.2) is 0 Å². The molecule has 0 N–H and O–H groups in total. The van der Waals surface area contributed by atoms with Gasteiger partial charge in [-0.1, -0.05) is 42.8 Å². The molecule has 1 saturated carbocycles. The quantitative estimate of drug-likeness (QED) is 0.811. The van der Waals surface area contributed by atoms with Gasteiger partial charge in [0.1, 0.15) is 6.10 Å². The standard InChI is InChI=1S/C17H21NO2/c19-17(18-12-6-7-13-18)20-16-11-5-4-10-15(16)14-8-2-1-3-9-14/h1-3,6,8-9,12,15-16H,4-5,7,10-11,13H2/t15-,16+/m1/s1. The number of carbonyl (C=O) groups is 1. The highest BCUT2D eigenvalue weighted by atomic mass is 16.6. The Balaban J connectivity index is 1.69. The lowest BCUT2D eigenvalue weighted by molar-refractivity contribution is 0.0442. The Hall–Kier alpha value is -1.77. The average Bonchev–Trinajstić information content (AvgIpc) is 3.03. The third kappa shape index (κ3) is 2.87. The maximum absolute atomic E-state index is 12.1. The molecule has 1 aliphatic carbocycles. The van der Waals surface area contributed by atoms with E-state index in [9.17, 15) is 4.79 Å². The molecule has 1 aliphatic heterocycles. The van der Waals surface area contributed by atoms with E-state index in [0.29, 0.717) is 5.92 Å². The molecule has 1 aromatic carbocycles. The van der Waals surface area contributed by atoms with Gasteiger partial charge in [-0.05, 0) is 31.2 Å². The maximum atomic E-state index is 12.1. The van der Waals surface area contributed by atoms with Gasteiger partial charge in [0.05, 0.1) is 0 Å². The fourth-order valence-electron chi connectivity index (χ4n) is 3.16. The van der Waals surface area contributed by atoms with Crippen molar-refractivity contribution in [1.82, 2.24) is 4.90 Å². The van der Waals surface area contributed by atoms with Crippen molar-refractivity contribution in [3.8, 4) is 0 Å². The Kier molecular flexibility index (Phi) is 4.05. The summed E-state index contributed by atoms with van der Waals surface area (Å²) in [5.41, 5.74) is 1.29. The van der Waals surface area contributed by atoms with Crippen molar-refractivity contribution < 1.29 is 9.53 Å². The van der Waals surface area contributed by atoms with Gasteiger partial charge in [0.25, 0.3) is 0 Å². The molecule has 3 rings (SSSR count). The van der Waals surface area contributed by atoms with Gasteiger partial charge in [-0.15, -0.1) is 0 Å². The maximum Gasteiger partial charge on any atom is 0.414 e. The van der Waals surface area contributed by atoms with E-state index in [4.69, 9.17) is 4.74 Å². The predicted molar refractivity (Wildman–Crippen MR) is 78.4 cm³/mol. The number of amides is 1. The molecular weight excluding hydrogens is 250 g/mol. The Bertz CT molecular complexity index is 483. The second-order valence-electron chi connectivity index (χ2n) is 5.59. The second kappa shape index (κ2) is 6.12. The highest BCUT2D eigenvalue weighted by molar-refractivity contribution is 5.69. The van der Waals surface area contributed by atoms with E-state index in [2.05, 4.69) is 24.3 Å². The zero-order valence-electron chi connectivity index (χ0n) is 11.7. The Morgan fingerprint density at radius 3 is 2.70 bits per heavy atom. The van der Waals surface area contributed by atoms with Crippen molar-refractivity contribution in [2.24, 2.45) is 0 Å². The summed E-state index contributed by atoms with van der Waals surface area (Å²) in [7, 11) is 0. The summed E-state index contributed by atoms with van der Waals surface area (Å²) in [4.78, 5) is 13.8. The third-order valence-corrected chi connectivity index (χ3v) is 4.24. The van der Waals surface area contributed by atoms with E-state index in [1.165, 1.54) is 12.0 Å². The summed E-state index contributed by atoms with van der Waals surface area (Å²) in [6, 6.07) is 10.4. The highest BCUT2D eigenvalue weighted by Gasteiger charge is 2.30. The summed E-state index contributed by atoms with van der Waals surface area (Å²) >= 11 is 0. The Morgan fingerprint density at radius 2 is 1.95 bits per heavy atom. The predicted octanol–water partition coefficient (Wildman–Crippen LogP) is 4.07. The zero-order chi connectivity index (χ0) is 13.8. The van der Waals surface area contributed by atoms with Crippen LogP contribution in [0.5, 0.6) is 0 Å². The van der Waals surface area contributed by atoms with Crippen LogP contribution in [0.15, 0.2) is 42.6 Å². The van der Waals surface area contributed by atoms with Crippen LogP contribution >= 0.6 is 0 Å².